The van der Waals surface area contributed by atoms with Crippen molar-refractivity contribution in [3.05, 3.63) is 35.4 Å². The van der Waals surface area contributed by atoms with Gasteiger partial charge in [0.2, 0.25) is 5.79 Å². The lowest BCUT2D eigenvalue weighted by Gasteiger charge is -2.33. The zero-order valence-corrected chi connectivity index (χ0v) is 7.49. The van der Waals surface area contributed by atoms with Crippen molar-refractivity contribution in [2.75, 3.05) is 6.54 Å². The van der Waals surface area contributed by atoms with Crippen LogP contribution >= 0.6 is 0 Å². The van der Waals surface area contributed by atoms with E-state index in [1.54, 1.807) is 6.07 Å². The third kappa shape index (κ3) is 1.35. The largest absolute Gasteiger partial charge is 0.361 e. The Morgan fingerprint density at radius 3 is 2.77 bits per heavy atom. The van der Waals surface area contributed by atoms with Crippen molar-refractivity contribution in [3.8, 4) is 0 Å². The summed E-state index contributed by atoms with van der Waals surface area (Å²) < 4.78 is 0. The molecule has 13 heavy (non-hydrogen) atoms. The smallest absolute Gasteiger partial charge is 0.203 e. The Hall–Kier alpha value is -0.900. The van der Waals surface area contributed by atoms with Crippen molar-refractivity contribution in [1.29, 1.82) is 0 Å². The van der Waals surface area contributed by atoms with Crippen molar-refractivity contribution < 1.29 is 10.2 Å². The lowest BCUT2D eigenvalue weighted by atomic mass is 9.91. The molecular weight excluding hydrogens is 166 g/mol. The molecule has 1 aliphatic rings. The van der Waals surface area contributed by atoms with Crippen molar-refractivity contribution >= 4 is 0 Å². The summed E-state index contributed by atoms with van der Waals surface area (Å²) in [7, 11) is 0. The second-order valence-corrected chi connectivity index (χ2v) is 3.51. The van der Waals surface area contributed by atoms with Gasteiger partial charge in [0.15, 0.2) is 0 Å². The van der Waals surface area contributed by atoms with Crippen LogP contribution in [-0.4, -0.2) is 16.8 Å². The highest BCUT2D eigenvalue weighted by molar-refractivity contribution is 5.35. The van der Waals surface area contributed by atoms with Gasteiger partial charge in [-0.2, -0.15) is 0 Å². The maximum atomic E-state index is 9.64. The topological polar surface area (TPSA) is 52.5 Å². The van der Waals surface area contributed by atoms with Gasteiger partial charge in [-0.3, -0.25) is 0 Å². The number of nitrogens with one attached hydrogen (secondary N) is 1. The molecule has 1 aromatic carbocycles. The minimum absolute atomic E-state index is 0.184. The monoisotopic (exact) mass is 179 g/mol. The van der Waals surface area contributed by atoms with Gasteiger partial charge in [-0.15, -0.1) is 0 Å². The van der Waals surface area contributed by atoms with E-state index in [0.717, 1.165) is 5.56 Å². The van der Waals surface area contributed by atoms with Crippen LogP contribution in [0.1, 0.15) is 24.1 Å². The van der Waals surface area contributed by atoms with E-state index in [1.807, 2.05) is 25.1 Å². The molecule has 3 N–H and O–H groups in total. The summed E-state index contributed by atoms with van der Waals surface area (Å²) in [5.41, 5.74) is 1.57. The van der Waals surface area contributed by atoms with Crippen LogP contribution < -0.4 is 5.32 Å². The lowest BCUT2D eigenvalue weighted by Crippen LogP contribution is -2.44. The summed E-state index contributed by atoms with van der Waals surface area (Å²) >= 11 is 0. The highest BCUT2D eigenvalue weighted by Crippen LogP contribution is 2.30. The van der Waals surface area contributed by atoms with Gasteiger partial charge in [-0.25, -0.2) is 0 Å². The lowest BCUT2D eigenvalue weighted by molar-refractivity contribution is -0.171. The number of benzene rings is 1. The van der Waals surface area contributed by atoms with Gasteiger partial charge in [0, 0.05) is 11.6 Å². The minimum atomic E-state index is -1.72. The van der Waals surface area contributed by atoms with Gasteiger partial charge in [0.1, 0.15) is 0 Å². The molecule has 1 aliphatic heterocycles. The van der Waals surface area contributed by atoms with Crippen LogP contribution in [0.4, 0.5) is 0 Å². The molecule has 0 bridgehead atoms. The van der Waals surface area contributed by atoms with E-state index in [4.69, 9.17) is 0 Å². The summed E-state index contributed by atoms with van der Waals surface area (Å²) in [6.45, 7) is 2.19. The van der Waals surface area contributed by atoms with Crippen molar-refractivity contribution in [1.82, 2.24) is 5.32 Å². The molecule has 1 aromatic rings. The zero-order chi connectivity index (χ0) is 9.47. The third-order valence-corrected chi connectivity index (χ3v) is 2.51. The summed E-state index contributed by atoms with van der Waals surface area (Å²) in [5, 5.41) is 22.3. The van der Waals surface area contributed by atoms with Crippen LogP contribution in [0.5, 0.6) is 0 Å². The van der Waals surface area contributed by atoms with Gasteiger partial charge in [0.25, 0.3) is 0 Å². The molecule has 1 heterocycles. The molecule has 0 saturated carbocycles. The average molecular weight is 179 g/mol. The fraction of sp³-hybridized carbons (Fsp3) is 0.400. The molecular formula is C10H13NO2. The first-order valence-electron chi connectivity index (χ1n) is 4.39. The van der Waals surface area contributed by atoms with E-state index in [2.05, 4.69) is 5.32 Å². The molecule has 0 amide bonds. The molecule has 0 aromatic heterocycles. The molecule has 70 valence electrons. The summed E-state index contributed by atoms with van der Waals surface area (Å²) in [6.07, 6.45) is 0. The highest BCUT2D eigenvalue weighted by atomic mass is 16.5. The summed E-state index contributed by atoms with van der Waals surface area (Å²) in [4.78, 5) is 0. The van der Waals surface area contributed by atoms with Gasteiger partial charge >= 0.3 is 0 Å². The molecule has 0 radical (unpaired) electrons. The van der Waals surface area contributed by atoms with Crippen molar-refractivity contribution in [2.45, 2.75) is 18.8 Å². The Kier molecular flexibility index (Phi) is 1.87. The predicted molar refractivity (Wildman–Crippen MR) is 49.0 cm³/mol. The van der Waals surface area contributed by atoms with Crippen molar-refractivity contribution in [2.24, 2.45) is 0 Å². The van der Waals surface area contributed by atoms with Crippen molar-refractivity contribution in [3.63, 3.8) is 0 Å². The van der Waals surface area contributed by atoms with Gasteiger partial charge in [0.05, 0.1) is 6.54 Å². The summed E-state index contributed by atoms with van der Waals surface area (Å²) in [6, 6.07) is 7.57. The first-order chi connectivity index (χ1) is 6.11. The van der Waals surface area contributed by atoms with Crippen LogP contribution in [0.2, 0.25) is 0 Å². The quantitative estimate of drug-likeness (QED) is 0.508. The Labute approximate surface area is 77.0 Å². The van der Waals surface area contributed by atoms with Gasteiger partial charge in [-0.1, -0.05) is 24.3 Å². The average Bonchev–Trinajstić information content (AvgIpc) is 2.13. The first-order valence-corrected chi connectivity index (χ1v) is 4.39. The molecule has 1 atom stereocenters. The molecule has 0 saturated heterocycles. The number of hydrogen-bond donors (Lipinski definition) is 3. The highest BCUT2D eigenvalue weighted by Gasteiger charge is 2.33. The van der Waals surface area contributed by atoms with E-state index in [9.17, 15) is 10.2 Å². The van der Waals surface area contributed by atoms with Crippen LogP contribution in [0.15, 0.2) is 24.3 Å². The molecule has 3 nitrogen and oxygen atoms in total. The first kappa shape index (κ1) is 8.69. The maximum absolute atomic E-state index is 9.64. The van der Waals surface area contributed by atoms with Crippen LogP contribution in [0, 0.1) is 0 Å². The zero-order valence-electron chi connectivity index (χ0n) is 7.49. The number of aliphatic hydroxyl groups is 2. The summed E-state index contributed by atoms with van der Waals surface area (Å²) in [5.74, 6) is -1.72. The van der Waals surface area contributed by atoms with Crippen LogP contribution in [-0.2, 0) is 5.79 Å². The van der Waals surface area contributed by atoms with E-state index >= 15 is 0 Å². The predicted octanol–water partition coefficient (Wildman–Crippen LogP) is 0.488. The number of fused-ring (bicyclic) bond motifs is 1. The fourth-order valence-electron chi connectivity index (χ4n) is 1.74. The minimum Gasteiger partial charge on any atom is -0.361 e. The second kappa shape index (κ2) is 2.80. The Balaban J connectivity index is 2.55. The molecule has 0 fully saturated rings. The number of rotatable bonds is 0. The standard InChI is InChI=1S/C10H13NO2/c1-7-8-4-2-3-5-9(8)10(12,13)6-11-7/h2-5,7,11-13H,6H2,1H3. The van der Waals surface area contributed by atoms with Gasteiger partial charge in [-0.05, 0) is 12.5 Å². The Bertz CT molecular complexity index is 322. The molecule has 0 aliphatic carbocycles. The fourth-order valence-corrected chi connectivity index (χ4v) is 1.74. The molecule has 1 unspecified atom stereocenters. The van der Waals surface area contributed by atoms with E-state index < -0.39 is 5.79 Å². The normalized spacial score (nSPS) is 25.3. The van der Waals surface area contributed by atoms with E-state index in [-0.39, 0.29) is 12.6 Å². The number of hydrogen-bond acceptors (Lipinski definition) is 3. The van der Waals surface area contributed by atoms with E-state index in [0.29, 0.717) is 5.56 Å². The maximum Gasteiger partial charge on any atom is 0.203 e. The molecule has 0 spiro atoms. The Morgan fingerprint density at radius 2 is 2.08 bits per heavy atom. The van der Waals surface area contributed by atoms with Crippen LogP contribution in [0.3, 0.4) is 0 Å². The third-order valence-electron chi connectivity index (χ3n) is 2.51. The second-order valence-electron chi connectivity index (χ2n) is 3.51. The van der Waals surface area contributed by atoms with E-state index in [1.165, 1.54) is 0 Å². The van der Waals surface area contributed by atoms with Gasteiger partial charge < -0.3 is 15.5 Å². The SMILES string of the molecule is CC1NCC(O)(O)c2ccccc21. The van der Waals surface area contributed by atoms with Crippen LogP contribution in [0.25, 0.3) is 0 Å². The Morgan fingerprint density at radius 1 is 1.38 bits per heavy atom. The molecule has 2 rings (SSSR count). The number of β-amino-alcohol motifs (C(OH)–C–C–N with tert-alkyl or cyclic N) is 2. The molecule has 3 heteroatoms.